The van der Waals surface area contributed by atoms with Crippen LogP contribution in [-0.2, 0) is 5.92 Å². The van der Waals surface area contributed by atoms with Crippen molar-refractivity contribution in [2.75, 3.05) is 32.1 Å². The molecule has 0 unspecified atom stereocenters. The van der Waals surface area contributed by atoms with Crippen LogP contribution >= 0.6 is 11.6 Å². The Balaban J connectivity index is 1.83. The molecule has 28 heavy (non-hydrogen) atoms. The van der Waals surface area contributed by atoms with Gasteiger partial charge in [-0.1, -0.05) is 17.7 Å². The molecule has 1 aliphatic heterocycles. The van der Waals surface area contributed by atoms with Crippen molar-refractivity contribution in [1.82, 2.24) is 24.6 Å². The highest BCUT2D eigenvalue weighted by Crippen LogP contribution is 2.32. The first-order chi connectivity index (χ1) is 13.2. The van der Waals surface area contributed by atoms with Gasteiger partial charge >= 0.3 is 0 Å². The van der Waals surface area contributed by atoms with Gasteiger partial charge in [-0.2, -0.15) is 8.78 Å². The highest BCUT2D eigenvalue weighted by Gasteiger charge is 2.29. The minimum Gasteiger partial charge on any atom is -0.353 e. The molecule has 0 saturated carbocycles. The molecule has 1 aliphatic rings. The normalized spacial score (nSPS) is 17.8. The Morgan fingerprint density at radius 3 is 2.75 bits per heavy atom. The zero-order chi connectivity index (χ0) is 20.1. The summed E-state index contributed by atoms with van der Waals surface area (Å²) in [7, 11) is 4.12. The first kappa shape index (κ1) is 19.0. The second kappa shape index (κ2) is 6.93. The maximum Gasteiger partial charge on any atom is 0.287 e. The van der Waals surface area contributed by atoms with Gasteiger partial charge in [-0.25, -0.2) is 14.6 Å². The summed E-state index contributed by atoms with van der Waals surface area (Å²) in [6, 6.07) is 6.65. The van der Waals surface area contributed by atoms with Crippen molar-refractivity contribution in [1.29, 1.82) is 0 Å². The van der Waals surface area contributed by atoms with E-state index < -0.39 is 5.92 Å². The van der Waals surface area contributed by atoms with E-state index in [-0.39, 0.29) is 5.69 Å². The van der Waals surface area contributed by atoms with Gasteiger partial charge in [0, 0.05) is 38.3 Å². The van der Waals surface area contributed by atoms with Crippen LogP contribution in [0, 0.1) is 0 Å². The maximum absolute atomic E-state index is 13.8. The van der Waals surface area contributed by atoms with E-state index in [9.17, 15) is 8.78 Å². The molecule has 3 aromatic heterocycles. The molecule has 1 saturated heterocycles. The molecule has 9 heteroatoms. The summed E-state index contributed by atoms with van der Waals surface area (Å²) in [6.45, 7) is 2.53. The van der Waals surface area contributed by atoms with Gasteiger partial charge in [-0.15, -0.1) is 5.10 Å². The minimum absolute atomic E-state index is 0.302. The van der Waals surface area contributed by atoms with Crippen molar-refractivity contribution in [3.8, 4) is 5.82 Å². The standard InChI is InChI=1S/C19H21ClF2N6/c1-19(21,22)15-5-4-6-17(24-15)28-14-9-16(20)23-10-13(14)18(25-28)27-8-7-12(11-27)26(2)3/h4-6,9-10,12H,7-8,11H2,1-3H3/t12-/m1/s1. The molecule has 0 radical (unpaired) electrons. The summed E-state index contributed by atoms with van der Waals surface area (Å²) in [6.07, 6.45) is 2.70. The summed E-state index contributed by atoms with van der Waals surface area (Å²) < 4.78 is 29.1. The Morgan fingerprint density at radius 2 is 2.07 bits per heavy atom. The van der Waals surface area contributed by atoms with Crippen LogP contribution in [0.25, 0.3) is 16.7 Å². The number of nitrogens with zero attached hydrogens (tertiary/aromatic N) is 6. The fourth-order valence-electron chi connectivity index (χ4n) is 3.52. The molecule has 0 bridgehead atoms. The van der Waals surface area contributed by atoms with Gasteiger partial charge in [0.05, 0.1) is 10.9 Å². The van der Waals surface area contributed by atoms with E-state index in [1.165, 1.54) is 6.07 Å². The Labute approximate surface area is 166 Å². The van der Waals surface area contributed by atoms with Crippen molar-refractivity contribution < 1.29 is 8.78 Å². The number of hydrogen-bond acceptors (Lipinski definition) is 5. The number of halogens is 3. The minimum atomic E-state index is -3.03. The Bertz CT molecular complexity index is 1010. The molecule has 1 atom stereocenters. The highest BCUT2D eigenvalue weighted by molar-refractivity contribution is 6.30. The molecule has 0 N–H and O–H groups in total. The first-order valence-electron chi connectivity index (χ1n) is 9.05. The molecule has 4 heterocycles. The fraction of sp³-hybridized carbons (Fsp3) is 0.421. The summed E-state index contributed by atoms with van der Waals surface area (Å²) in [5, 5.41) is 5.85. The Morgan fingerprint density at radius 1 is 1.29 bits per heavy atom. The topological polar surface area (TPSA) is 50.1 Å². The van der Waals surface area contributed by atoms with Gasteiger partial charge in [-0.3, -0.25) is 0 Å². The van der Waals surface area contributed by atoms with Crippen LogP contribution in [0.15, 0.2) is 30.5 Å². The third-order valence-electron chi connectivity index (χ3n) is 5.11. The van der Waals surface area contributed by atoms with Gasteiger partial charge in [0.2, 0.25) is 0 Å². The molecule has 148 valence electrons. The van der Waals surface area contributed by atoms with Crippen LogP contribution in [0.3, 0.4) is 0 Å². The molecule has 0 aliphatic carbocycles. The third-order valence-corrected chi connectivity index (χ3v) is 5.31. The van der Waals surface area contributed by atoms with Crippen LogP contribution < -0.4 is 4.90 Å². The van der Waals surface area contributed by atoms with Crippen molar-refractivity contribution in [3.63, 3.8) is 0 Å². The SMILES string of the molecule is CN(C)[C@@H]1CCN(c2nn(-c3cccc(C(C)(F)F)n3)c3cc(Cl)ncc23)C1. The van der Waals surface area contributed by atoms with E-state index in [0.29, 0.717) is 22.5 Å². The Kier molecular flexibility index (Phi) is 4.71. The lowest BCUT2D eigenvalue weighted by Crippen LogP contribution is -2.31. The predicted molar refractivity (Wildman–Crippen MR) is 106 cm³/mol. The monoisotopic (exact) mass is 406 g/mol. The highest BCUT2D eigenvalue weighted by atomic mass is 35.5. The lowest BCUT2D eigenvalue weighted by molar-refractivity contribution is 0.0127. The predicted octanol–water partition coefficient (Wildman–Crippen LogP) is 3.72. The second-order valence-corrected chi connectivity index (χ2v) is 7.77. The number of pyridine rings is 2. The number of rotatable bonds is 4. The number of hydrogen-bond donors (Lipinski definition) is 0. The van der Waals surface area contributed by atoms with Crippen LogP contribution in [-0.4, -0.2) is 57.9 Å². The van der Waals surface area contributed by atoms with Gasteiger partial charge in [0.1, 0.15) is 10.8 Å². The quantitative estimate of drug-likeness (QED) is 0.618. The lowest BCUT2D eigenvalue weighted by atomic mass is 10.2. The van der Waals surface area contributed by atoms with E-state index in [4.69, 9.17) is 16.7 Å². The van der Waals surface area contributed by atoms with E-state index in [0.717, 1.165) is 37.6 Å². The van der Waals surface area contributed by atoms with Crippen LogP contribution in [0.4, 0.5) is 14.6 Å². The average Bonchev–Trinajstić information content (AvgIpc) is 3.25. The molecule has 6 nitrogen and oxygen atoms in total. The van der Waals surface area contributed by atoms with Crippen LogP contribution in [0.1, 0.15) is 19.0 Å². The molecule has 1 fully saturated rings. The van der Waals surface area contributed by atoms with Crippen LogP contribution in [0.5, 0.6) is 0 Å². The third kappa shape index (κ3) is 3.42. The van der Waals surface area contributed by atoms with Crippen molar-refractivity contribution in [2.45, 2.75) is 25.3 Å². The van der Waals surface area contributed by atoms with Crippen molar-refractivity contribution in [2.24, 2.45) is 0 Å². The number of likely N-dealkylation sites (N-methyl/N-ethyl adjacent to an activating group) is 1. The number of anilines is 1. The molecule has 0 amide bonds. The molecular formula is C19H21ClF2N6. The van der Waals surface area contributed by atoms with E-state index in [1.807, 2.05) is 0 Å². The fourth-order valence-corrected chi connectivity index (χ4v) is 3.67. The number of fused-ring (bicyclic) bond motifs is 1. The van der Waals surface area contributed by atoms with Gasteiger partial charge in [0.15, 0.2) is 11.6 Å². The Hall–Kier alpha value is -2.32. The zero-order valence-corrected chi connectivity index (χ0v) is 16.7. The summed E-state index contributed by atoms with van der Waals surface area (Å²) in [5.41, 5.74) is 0.386. The zero-order valence-electron chi connectivity index (χ0n) is 15.9. The van der Waals surface area contributed by atoms with E-state index in [1.54, 1.807) is 29.1 Å². The lowest BCUT2D eigenvalue weighted by Gasteiger charge is -2.20. The van der Waals surface area contributed by atoms with Crippen LogP contribution in [0.2, 0.25) is 5.15 Å². The molecule has 3 aromatic rings. The average molecular weight is 407 g/mol. The van der Waals surface area contributed by atoms with Gasteiger partial charge in [0.25, 0.3) is 5.92 Å². The summed E-state index contributed by atoms with van der Waals surface area (Å²) in [4.78, 5) is 12.7. The summed E-state index contributed by atoms with van der Waals surface area (Å²) >= 11 is 6.10. The second-order valence-electron chi connectivity index (χ2n) is 7.38. The first-order valence-corrected chi connectivity index (χ1v) is 9.43. The molecule has 0 spiro atoms. The van der Waals surface area contributed by atoms with E-state index in [2.05, 4.69) is 33.9 Å². The van der Waals surface area contributed by atoms with Gasteiger partial charge < -0.3 is 9.80 Å². The summed E-state index contributed by atoms with van der Waals surface area (Å²) in [5.74, 6) is -1.95. The smallest absolute Gasteiger partial charge is 0.287 e. The maximum atomic E-state index is 13.8. The van der Waals surface area contributed by atoms with Gasteiger partial charge in [-0.05, 0) is 32.6 Å². The number of aromatic nitrogens is 4. The molecular weight excluding hydrogens is 386 g/mol. The number of alkyl halides is 2. The van der Waals surface area contributed by atoms with Crippen molar-refractivity contribution in [3.05, 3.63) is 41.3 Å². The molecule has 4 rings (SSSR count). The molecule has 0 aromatic carbocycles. The largest absolute Gasteiger partial charge is 0.353 e. The van der Waals surface area contributed by atoms with E-state index >= 15 is 0 Å². The van der Waals surface area contributed by atoms with Crippen molar-refractivity contribution >= 4 is 28.3 Å².